The summed E-state index contributed by atoms with van der Waals surface area (Å²) in [6.07, 6.45) is 11.0. The van der Waals surface area contributed by atoms with Crippen molar-refractivity contribution in [3.63, 3.8) is 0 Å². The van der Waals surface area contributed by atoms with Gasteiger partial charge in [-0.3, -0.25) is 4.79 Å². The topological polar surface area (TPSA) is 41.6 Å². The molecule has 1 N–H and O–H groups in total. The number of nitrogens with one attached hydrogen (secondary N) is 1. The van der Waals surface area contributed by atoms with Gasteiger partial charge >= 0.3 is 0 Å². The average Bonchev–Trinajstić information content (AvgIpc) is 3.09. The molecule has 3 rings (SSSR count). The van der Waals surface area contributed by atoms with Crippen LogP contribution in [0.1, 0.15) is 61.3 Å². The first-order valence-corrected chi connectivity index (χ1v) is 11.7. The van der Waals surface area contributed by atoms with E-state index in [-0.39, 0.29) is 12.5 Å². The van der Waals surface area contributed by atoms with Gasteiger partial charge in [0, 0.05) is 12.0 Å². The number of carbonyl (C=O) groups excluding carboxylic acids is 1. The minimum absolute atomic E-state index is 0.0419. The summed E-state index contributed by atoms with van der Waals surface area (Å²) in [6, 6.07) is 7.68. The highest BCUT2D eigenvalue weighted by Gasteiger charge is 2.26. The molecule has 1 amide bonds. The Hall–Kier alpha value is -2.33. The number of anilines is 1. The zero-order chi connectivity index (χ0) is 23.3. The second-order valence-electron chi connectivity index (χ2n) is 7.69. The van der Waals surface area contributed by atoms with E-state index in [0.717, 1.165) is 37.5 Å². The quantitative estimate of drug-likeness (QED) is 0.520. The van der Waals surface area contributed by atoms with Crippen LogP contribution in [0.5, 0.6) is 5.75 Å². The lowest BCUT2D eigenvalue weighted by molar-refractivity contribution is -0.121. The summed E-state index contributed by atoms with van der Waals surface area (Å²) < 4.78 is 5.39. The van der Waals surface area contributed by atoms with Crippen LogP contribution in [0.2, 0.25) is 0 Å². The van der Waals surface area contributed by atoms with Crippen molar-refractivity contribution in [3.8, 4) is 5.75 Å². The predicted molar refractivity (Wildman–Crippen MR) is 134 cm³/mol. The minimum Gasteiger partial charge on any atom is -0.482 e. The summed E-state index contributed by atoms with van der Waals surface area (Å²) >= 11 is 0. The number of fused-ring (bicyclic) bond motifs is 1. The van der Waals surface area contributed by atoms with E-state index in [1.807, 2.05) is 43.0 Å². The second kappa shape index (κ2) is 13.9. The fraction of sp³-hybridized carbons (Fsp3) is 0.519. The van der Waals surface area contributed by atoms with Gasteiger partial charge in [0.2, 0.25) is 0 Å². The van der Waals surface area contributed by atoms with Crippen LogP contribution in [-0.4, -0.2) is 32.1 Å². The number of rotatable bonds is 7. The highest BCUT2D eigenvalue weighted by Crippen LogP contribution is 2.39. The van der Waals surface area contributed by atoms with Crippen molar-refractivity contribution < 1.29 is 9.53 Å². The molecule has 31 heavy (non-hydrogen) atoms. The Balaban J connectivity index is 0.000000303. The van der Waals surface area contributed by atoms with E-state index < -0.39 is 0 Å². The van der Waals surface area contributed by atoms with Crippen LogP contribution in [-0.2, 0) is 4.79 Å². The van der Waals surface area contributed by atoms with Crippen LogP contribution in [0.15, 0.2) is 59.7 Å². The molecule has 1 aromatic carbocycles. The lowest BCUT2D eigenvalue weighted by Gasteiger charge is -2.29. The third kappa shape index (κ3) is 7.39. The summed E-state index contributed by atoms with van der Waals surface area (Å²) in [5.74, 6) is 0.843. The SMILES string of the molecule is C/C=C\C1=C(C)C(C)(CC)C=C1.CC.CCNCCCN1C(=O)COc2ccccc21. The van der Waals surface area contributed by atoms with Gasteiger partial charge in [0.25, 0.3) is 5.91 Å². The smallest absolute Gasteiger partial charge is 0.265 e. The summed E-state index contributed by atoms with van der Waals surface area (Å²) in [5.41, 5.74) is 4.10. The second-order valence-corrected chi connectivity index (χ2v) is 7.69. The van der Waals surface area contributed by atoms with Crippen LogP contribution in [0, 0.1) is 5.41 Å². The number of allylic oxidation sites excluding steroid dienone is 6. The first-order chi connectivity index (χ1) is 15.0. The molecule has 0 bridgehead atoms. The molecule has 0 spiro atoms. The maximum atomic E-state index is 11.8. The molecule has 2 aliphatic rings. The van der Waals surface area contributed by atoms with Crippen molar-refractivity contribution in [1.29, 1.82) is 0 Å². The Morgan fingerprint density at radius 1 is 1.23 bits per heavy atom. The zero-order valence-electron chi connectivity index (χ0n) is 20.6. The van der Waals surface area contributed by atoms with Gasteiger partial charge in [0.15, 0.2) is 6.61 Å². The Morgan fingerprint density at radius 3 is 2.55 bits per heavy atom. The van der Waals surface area contributed by atoms with Crippen molar-refractivity contribution in [1.82, 2.24) is 5.32 Å². The molecule has 1 heterocycles. The summed E-state index contributed by atoms with van der Waals surface area (Å²) in [6.45, 7) is 17.7. The van der Waals surface area contributed by atoms with E-state index in [1.165, 1.54) is 17.6 Å². The van der Waals surface area contributed by atoms with E-state index in [4.69, 9.17) is 4.74 Å². The van der Waals surface area contributed by atoms with E-state index in [1.54, 1.807) is 0 Å². The van der Waals surface area contributed by atoms with E-state index in [2.05, 4.69) is 64.2 Å². The number of ether oxygens (including phenoxy) is 1. The molecule has 1 aromatic rings. The molecule has 4 nitrogen and oxygen atoms in total. The highest BCUT2D eigenvalue weighted by atomic mass is 16.5. The fourth-order valence-corrected chi connectivity index (χ4v) is 3.53. The van der Waals surface area contributed by atoms with Crippen LogP contribution in [0.3, 0.4) is 0 Å². The molecule has 4 heteroatoms. The van der Waals surface area contributed by atoms with Gasteiger partial charge < -0.3 is 15.0 Å². The van der Waals surface area contributed by atoms with Gasteiger partial charge in [-0.2, -0.15) is 0 Å². The van der Waals surface area contributed by atoms with Gasteiger partial charge in [-0.15, -0.1) is 0 Å². The molecule has 172 valence electrons. The molecule has 0 aromatic heterocycles. The summed E-state index contributed by atoms with van der Waals surface area (Å²) in [4.78, 5) is 13.6. The number of carbonyl (C=O) groups is 1. The largest absolute Gasteiger partial charge is 0.482 e. The molecule has 1 unspecified atom stereocenters. The number of nitrogens with zero attached hydrogens (tertiary/aromatic N) is 1. The van der Waals surface area contributed by atoms with Crippen molar-refractivity contribution in [3.05, 3.63) is 59.7 Å². The number of benzene rings is 1. The molecule has 1 aliphatic heterocycles. The number of para-hydroxylation sites is 2. The third-order valence-corrected chi connectivity index (χ3v) is 5.79. The molecule has 0 saturated carbocycles. The van der Waals surface area contributed by atoms with E-state index >= 15 is 0 Å². The molecule has 1 aliphatic carbocycles. The molecule has 1 atom stereocenters. The van der Waals surface area contributed by atoms with Gasteiger partial charge in [-0.1, -0.05) is 76.6 Å². The summed E-state index contributed by atoms with van der Waals surface area (Å²) in [5, 5.41) is 3.26. The van der Waals surface area contributed by atoms with E-state index in [0.29, 0.717) is 5.41 Å². The van der Waals surface area contributed by atoms with Crippen LogP contribution in [0.25, 0.3) is 0 Å². The number of amides is 1. The van der Waals surface area contributed by atoms with Gasteiger partial charge in [0.05, 0.1) is 5.69 Å². The lowest BCUT2D eigenvalue weighted by Crippen LogP contribution is -2.40. The molecule has 0 radical (unpaired) electrons. The van der Waals surface area contributed by atoms with Crippen molar-refractivity contribution in [2.45, 2.75) is 61.3 Å². The summed E-state index contributed by atoms with van der Waals surface area (Å²) in [7, 11) is 0. The van der Waals surface area contributed by atoms with Crippen LogP contribution >= 0.6 is 0 Å². The predicted octanol–water partition coefficient (Wildman–Crippen LogP) is 6.30. The van der Waals surface area contributed by atoms with Crippen molar-refractivity contribution >= 4 is 11.6 Å². The Bertz CT molecular complexity index is 779. The van der Waals surface area contributed by atoms with Crippen LogP contribution in [0.4, 0.5) is 5.69 Å². The van der Waals surface area contributed by atoms with Crippen molar-refractivity contribution in [2.75, 3.05) is 31.1 Å². The first-order valence-electron chi connectivity index (χ1n) is 11.7. The minimum atomic E-state index is 0.0419. The number of hydrogen-bond donors (Lipinski definition) is 1. The fourth-order valence-electron chi connectivity index (χ4n) is 3.53. The van der Waals surface area contributed by atoms with Crippen LogP contribution < -0.4 is 15.0 Å². The number of hydrogen-bond acceptors (Lipinski definition) is 3. The lowest BCUT2D eigenvalue weighted by atomic mass is 9.82. The van der Waals surface area contributed by atoms with Crippen molar-refractivity contribution in [2.24, 2.45) is 5.41 Å². The Kier molecular flexibility index (Phi) is 11.9. The van der Waals surface area contributed by atoms with Gasteiger partial charge in [-0.05, 0) is 57.5 Å². The highest BCUT2D eigenvalue weighted by molar-refractivity contribution is 5.97. The molecular formula is C27H42N2O2. The molecular weight excluding hydrogens is 384 g/mol. The maximum Gasteiger partial charge on any atom is 0.265 e. The maximum absolute atomic E-state index is 11.8. The normalized spacial score (nSPS) is 19.5. The van der Waals surface area contributed by atoms with Gasteiger partial charge in [-0.25, -0.2) is 0 Å². The zero-order valence-corrected chi connectivity index (χ0v) is 20.6. The van der Waals surface area contributed by atoms with E-state index in [9.17, 15) is 4.79 Å². The Morgan fingerprint density at radius 2 is 1.94 bits per heavy atom. The third-order valence-electron chi connectivity index (χ3n) is 5.79. The van der Waals surface area contributed by atoms with Gasteiger partial charge in [0.1, 0.15) is 5.75 Å². The standard InChI is InChI=1S/C13H18N2O2.C12H18.C2H6/c1-2-14-8-5-9-15-11-6-3-4-7-12(11)17-10-13(15)16;1-5-7-11-8-9-12(4,6-2)10(11)3;1-2/h3-4,6-7,14H,2,5,8-10H2,1H3;5,7-9H,6H2,1-4H3;1-2H3/b;7-5-;. The molecule has 0 saturated heterocycles. The molecule has 0 fully saturated rings. The monoisotopic (exact) mass is 426 g/mol. The Labute approximate surface area is 190 Å². The average molecular weight is 427 g/mol. The first kappa shape index (κ1) is 26.7.